The van der Waals surface area contributed by atoms with Crippen molar-refractivity contribution < 1.29 is 0 Å². The number of guanidine groups is 1. The van der Waals surface area contributed by atoms with Crippen LogP contribution < -0.4 is 11.5 Å². The van der Waals surface area contributed by atoms with Gasteiger partial charge in [0, 0.05) is 26.7 Å². The first-order valence-corrected chi connectivity index (χ1v) is 4.21. The van der Waals surface area contributed by atoms with Crippen LogP contribution in [0, 0.1) is 0 Å². The van der Waals surface area contributed by atoms with E-state index < -0.39 is 0 Å². The lowest BCUT2D eigenvalue weighted by Gasteiger charge is -2.22. The maximum Gasteiger partial charge on any atom is 0.185 e. The van der Waals surface area contributed by atoms with Crippen LogP contribution >= 0.6 is 0 Å². The van der Waals surface area contributed by atoms with Gasteiger partial charge in [0.25, 0.3) is 0 Å². The summed E-state index contributed by atoms with van der Waals surface area (Å²) in [6.45, 7) is 3.86. The van der Waals surface area contributed by atoms with E-state index in [1.54, 1.807) is 0 Å². The predicted octanol–water partition coefficient (Wildman–Crippen LogP) is -1.19. The van der Waals surface area contributed by atoms with Crippen molar-refractivity contribution in [2.45, 2.75) is 6.42 Å². The lowest BCUT2D eigenvalue weighted by molar-refractivity contribution is 0.0601. The van der Waals surface area contributed by atoms with Crippen molar-refractivity contribution in [1.82, 2.24) is 10.0 Å². The molecule has 5 nitrogen and oxygen atoms in total. The second-order valence-corrected chi connectivity index (χ2v) is 3.00. The van der Waals surface area contributed by atoms with Crippen molar-refractivity contribution in [1.29, 1.82) is 0 Å². The molecule has 4 N–H and O–H groups in total. The summed E-state index contributed by atoms with van der Waals surface area (Å²) in [6, 6.07) is 0. The fourth-order valence-electron chi connectivity index (χ4n) is 1.37. The molecule has 0 amide bonds. The van der Waals surface area contributed by atoms with Crippen LogP contribution in [0.4, 0.5) is 0 Å². The van der Waals surface area contributed by atoms with Crippen molar-refractivity contribution in [3.8, 4) is 0 Å². The summed E-state index contributed by atoms with van der Waals surface area (Å²) in [6.07, 6.45) is 1.23. The molecule has 1 heterocycles. The van der Waals surface area contributed by atoms with Gasteiger partial charge in [-0.05, 0) is 6.42 Å². The normalized spacial score (nSPS) is 19.8. The van der Waals surface area contributed by atoms with Gasteiger partial charge in [-0.15, -0.1) is 0 Å². The Bertz CT molecular complexity index is 163. The van der Waals surface area contributed by atoms with Gasteiger partial charge in [0.15, 0.2) is 5.96 Å². The van der Waals surface area contributed by atoms with E-state index in [2.05, 4.69) is 22.1 Å². The SMILES string of the molecule is CN1CCCN1CCN=C(N)N. The summed E-state index contributed by atoms with van der Waals surface area (Å²) in [5, 5.41) is 4.47. The van der Waals surface area contributed by atoms with E-state index >= 15 is 0 Å². The Morgan fingerprint density at radius 1 is 1.42 bits per heavy atom. The minimum atomic E-state index is 0.178. The van der Waals surface area contributed by atoms with Gasteiger partial charge in [0.2, 0.25) is 0 Å². The number of nitrogens with two attached hydrogens (primary N) is 2. The van der Waals surface area contributed by atoms with Gasteiger partial charge in [-0.1, -0.05) is 0 Å². The molecule has 0 radical (unpaired) electrons. The number of nitrogens with zero attached hydrogens (tertiary/aromatic N) is 3. The molecule has 0 bridgehead atoms. The van der Waals surface area contributed by atoms with Gasteiger partial charge in [-0.2, -0.15) is 0 Å². The Morgan fingerprint density at radius 2 is 2.17 bits per heavy atom. The second kappa shape index (κ2) is 4.27. The monoisotopic (exact) mass is 171 g/mol. The minimum absolute atomic E-state index is 0.178. The van der Waals surface area contributed by atoms with E-state index in [0.29, 0.717) is 6.54 Å². The van der Waals surface area contributed by atoms with E-state index in [1.165, 1.54) is 6.42 Å². The molecule has 0 aliphatic carbocycles. The highest BCUT2D eigenvalue weighted by Crippen LogP contribution is 2.05. The highest BCUT2D eigenvalue weighted by Gasteiger charge is 2.16. The van der Waals surface area contributed by atoms with Gasteiger partial charge in [0.1, 0.15) is 0 Å². The van der Waals surface area contributed by atoms with Crippen LogP contribution in [-0.4, -0.2) is 49.2 Å². The first kappa shape index (κ1) is 9.28. The molecule has 0 spiro atoms. The zero-order chi connectivity index (χ0) is 8.97. The smallest absolute Gasteiger partial charge is 0.185 e. The standard InChI is InChI=1S/C7H17N5/c1-11-4-2-5-12(11)6-3-10-7(8)9/h2-6H2,1H3,(H4,8,9,10). The topological polar surface area (TPSA) is 70.9 Å². The number of hydrazine groups is 1. The molecule has 1 fully saturated rings. The van der Waals surface area contributed by atoms with Crippen LogP contribution in [0.1, 0.15) is 6.42 Å². The molecule has 0 atom stereocenters. The van der Waals surface area contributed by atoms with Crippen molar-refractivity contribution in [3.63, 3.8) is 0 Å². The molecular weight excluding hydrogens is 154 g/mol. The zero-order valence-corrected chi connectivity index (χ0v) is 7.53. The summed E-state index contributed by atoms with van der Waals surface area (Å²) < 4.78 is 0. The Hall–Kier alpha value is -0.810. The van der Waals surface area contributed by atoms with Gasteiger partial charge < -0.3 is 11.5 Å². The molecule has 0 aromatic carbocycles. The fourth-order valence-corrected chi connectivity index (χ4v) is 1.37. The third-order valence-electron chi connectivity index (χ3n) is 2.03. The van der Waals surface area contributed by atoms with Gasteiger partial charge >= 0.3 is 0 Å². The van der Waals surface area contributed by atoms with E-state index in [4.69, 9.17) is 11.5 Å². The molecule has 1 rings (SSSR count). The third-order valence-corrected chi connectivity index (χ3v) is 2.03. The maximum atomic E-state index is 5.21. The van der Waals surface area contributed by atoms with E-state index in [1.807, 2.05) is 0 Å². The lowest BCUT2D eigenvalue weighted by Crippen LogP contribution is -2.35. The molecule has 0 aromatic heterocycles. The van der Waals surface area contributed by atoms with E-state index in [0.717, 1.165) is 19.6 Å². The number of hydrogen-bond donors (Lipinski definition) is 2. The molecule has 12 heavy (non-hydrogen) atoms. The predicted molar refractivity (Wildman–Crippen MR) is 49.5 cm³/mol. The molecule has 1 aliphatic rings. The Morgan fingerprint density at radius 3 is 2.67 bits per heavy atom. The maximum absolute atomic E-state index is 5.21. The van der Waals surface area contributed by atoms with Crippen molar-refractivity contribution in [2.24, 2.45) is 16.5 Å². The Labute approximate surface area is 73.0 Å². The van der Waals surface area contributed by atoms with Crippen molar-refractivity contribution >= 4 is 5.96 Å². The quantitative estimate of drug-likeness (QED) is 0.414. The average Bonchev–Trinajstić information content (AvgIpc) is 2.36. The highest BCUT2D eigenvalue weighted by molar-refractivity contribution is 5.75. The first-order chi connectivity index (χ1) is 5.70. The summed E-state index contributed by atoms with van der Waals surface area (Å²) in [4.78, 5) is 3.93. The van der Waals surface area contributed by atoms with Crippen LogP contribution in [0.3, 0.4) is 0 Å². The molecule has 0 aromatic rings. The van der Waals surface area contributed by atoms with Gasteiger partial charge in [-0.3, -0.25) is 4.99 Å². The van der Waals surface area contributed by atoms with Crippen molar-refractivity contribution in [2.75, 3.05) is 33.2 Å². The fraction of sp³-hybridized carbons (Fsp3) is 0.857. The summed E-state index contributed by atoms with van der Waals surface area (Å²) in [5.74, 6) is 0.178. The lowest BCUT2D eigenvalue weighted by atomic mass is 10.4. The van der Waals surface area contributed by atoms with Gasteiger partial charge in [-0.25, -0.2) is 10.0 Å². The van der Waals surface area contributed by atoms with Crippen LogP contribution in [-0.2, 0) is 0 Å². The molecule has 70 valence electrons. The second-order valence-electron chi connectivity index (χ2n) is 3.00. The number of aliphatic imine (C=N–C) groups is 1. The first-order valence-electron chi connectivity index (χ1n) is 4.21. The van der Waals surface area contributed by atoms with Crippen LogP contribution in [0.2, 0.25) is 0 Å². The number of hydrogen-bond acceptors (Lipinski definition) is 3. The highest BCUT2D eigenvalue weighted by atomic mass is 15.6. The molecule has 5 heteroatoms. The molecular formula is C7H17N5. The van der Waals surface area contributed by atoms with Crippen molar-refractivity contribution in [3.05, 3.63) is 0 Å². The summed E-state index contributed by atoms with van der Waals surface area (Å²) >= 11 is 0. The van der Waals surface area contributed by atoms with E-state index in [-0.39, 0.29) is 5.96 Å². The van der Waals surface area contributed by atoms with Crippen LogP contribution in [0.25, 0.3) is 0 Å². The van der Waals surface area contributed by atoms with E-state index in [9.17, 15) is 0 Å². The minimum Gasteiger partial charge on any atom is -0.370 e. The van der Waals surface area contributed by atoms with Gasteiger partial charge in [0.05, 0.1) is 6.54 Å². The molecule has 1 aliphatic heterocycles. The Balaban J connectivity index is 2.18. The molecule has 0 saturated carbocycles. The van der Waals surface area contributed by atoms with Crippen LogP contribution in [0.15, 0.2) is 4.99 Å². The Kier molecular flexibility index (Phi) is 3.31. The average molecular weight is 171 g/mol. The third kappa shape index (κ3) is 2.67. The molecule has 0 unspecified atom stereocenters. The summed E-state index contributed by atoms with van der Waals surface area (Å²) in [5.41, 5.74) is 10.4. The largest absolute Gasteiger partial charge is 0.370 e. The summed E-state index contributed by atoms with van der Waals surface area (Å²) in [7, 11) is 2.09. The zero-order valence-electron chi connectivity index (χ0n) is 7.53. The van der Waals surface area contributed by atoms with Crippen LogP contribution in [0.5, 0.6) is 0 Å². The number of rotatable bonds is 3. The molecule has 1 saturated heterocycles.